The number of carbonyl (C=O) groups is 2. The third kappa shape index (κ3) is 8.53. The molecule has 1 aliphatic heterocycles. The second kappa shape index (κ2) is 14.1. The molecule has 0 saturated carbocycles. The zero-order valence-corrected chi connectivity index (χ0v) is 23.4. The second-order valence-corrected chi connectivity index (χ2v) is 10.5. The number of nitrogens with zero attached hydrogens (tertiary/aromatic N) is 1. The van der Waals surface area contributed by atoms with Crippen LogP contribution >= 0.6 is 0 Å². The van der Waals surface area contributed by atoms with Gasteiger partial charge in [0.2, 0.25) is 5.90 Å². The van der Waals surface area contributed by atoms with E-state index < -0.39 is 23.2 Å². The van der Waals surface area contributed by atoms with Crippen molar-refractivity contribution in [2.45, 2.75) is 77.0 Å². The van der Waals surface area contributed by atoms with Gasteiger partial charge in [-0.15, -0.1) is 0 Å². The smallest absolute Gasteiger partial charge is 0.306 e. The van der Waals surface area contributed by atoms with Crippen LogP contribution in [0.1, 0.15) is 77.0 Å². The van der Waals surface area contributed by atoms with E-state index in [-0.39, 0.29) is 25.4 Å². The molecule has 0 bridgehead atoms. The second-order valence-electron chi connectivity index (χ2n) is 10.5. The third-order valence-electron chi connectivity index (χ3n) is 6.12. The molecule has 0 unspecified atom stereocenters. The zero-order chi connectivity index (χ0) is 28.3. The Kier molecular flexibility index (Phi) is 10.9. The molecule has 9 nitrogen and oxygen atoms in total. The highest BCUT2D eigenvalue weighted by Gasteiger charge is 2.53. The van der Waals surface area contributed by atoms with Crippen molar-refractivity contribution in [3.8, 4) is 5.75 Å². The van der Waals surface area contributed by atoms with Crippen LogP contribution < -0.4 is 15.6 Å². The van der Waals surface area contributed by atoms with Gasteiger partial charge in [0.05, 0.1) is 6.61 Å². The molecule has 0 aliphatic carbocycles. The van der Waals surface area contributed by atoms with E-state index in [0.717, 1.165) is 18.4 Å². The first-order valence-electron chi connectivity index (χ1n) is 13.6. The number of nitrogens with one attached hydrogen (secondary N) is 2. The third-order valence-corrected chi connectivity index (χ3v) is 6.12. The number of rotatable bonds is 14. The Morgan fingerprint density at radius 1 is 1.08 bits per heavy atom. The Balaban J connectivity index is 1.96. The first-order valence-corrected chi connectivity index (χ1v) is 13.6. The minimum atomic E-state index is -1.41. The molecule has 39 heavy (non-hydrogen) atoms. The normalized spacial score (nSPS) is 18.7. The number of aliphatic hydroxyl groups excluding tert-OH is 1. The fraction of sp³-hybridized carbons (Fsp3) is 0.500. The number of aliphatic hydroxyl groups is 1. The van der Waals surface area contributed by atoms with Gasteiger partial charge < -0.3 is 19.3 Å². The molecule has 212 valence electrons. The minimum absolute atomic E-state index is 0.0131. The Bertz CT molecular complexity index is 1100. The summed E-state index contributed by atoms with van der Waals surface area (Å²) in [5, 5.41) is 8.98. The van der Waals surface area contributed by atoms with E-state index in [1.54, 1.807) is 12.1 Å². The van der Waals surface area contributed by atoms with Crippen LogP contribution in [0.15, 0.2) is 59.6 Å². The molecule has 1 aliphatic rings. The summed E-state index contributed by atoms with van der Waals surface area (Å²) in [6.45, 7) is 8.57. The molecule has 2 atom stereocenters. The van der Waals surface area contributed by atoms with Gasteiger partial charge in [-0.3, -0.25) is 15.0 Å². The standard InChI is InChI=1S/C30H41N3O6/c1-5-6-19-31-33-28(36)30(18-17-25(35)39-29(2,3)4)26(22-11-8-7-9-12-22)38-27(32-30)23-13-15-24(16-14-23)37-21-10-20-34/h7-9,11-16,26,31,34H,5-6,10,17-21H2,1-4H3,(H,33,36)/t26-,30-/m0/s1. The van der Waals surface area contributed by atoms with Crippen molar-refractivity contribution in [1.82, 2.24) is 10.9 Å². The predicted molar refractivity (Wildman–Crippen MR) is 149 cm³/mol. The summed E-state index contributed by atoms with van der Waals surface area (Å²) in [5.74, 6) is 0.168. The summed E-state index contributed by atoms with van der Waals surface area (Å²) < 4.78 is 17.6. The quantitative estimate of drug-likeness (QED) is 0.187. The van der Waals surface area contributed by atoms with E-state index >= 15 is 0 Å². The lowest BCUT2D eigenvalue weighted by atomic mass is 9.83. The van der Waals surface area contributed by atoms with Gasteiger partial charge in [0.15, 0.2) is 11.6 Å². The number of esters is 1. The van der Waals surface area contributed by atoms with E-state index in [4.69, 9.17) is 24.3 Å². The van der Waals surface area contributed by atoms with E-state index in [9.17, 15) is 9.59 Å². The lowest BCUT2D eigenvalue weighted by molar-refractivity contribution is -0.155. The lowest BCUT2D eigenvalue weighted by Crippen LogP contribution is -2.53. The Hall–Kier alpha value is -3.43. The van der Waals surface area contributed by atoms with E-state index in [1.807, 2.05) is 63.2 Å². The maximum Gasteiger partial charge on any atom is 0.306 e. The predicted octanol–water partition coefficient (Wildman–Crippen LogP) is 4.25. The molecule has 0 aromatic heterocycles. The molecular weight excluding hydrogens is 498 g/mol. The van der Waals surface area contributed by atoms with Crippen LogP contribution in [0.2, 0.25) is 0 Å². The first kappa shape index (κ1) is 30.1. The summed E-state index contributed by atoms with van der Waals surface area (Å²) in [5.41, 5.74) is 5.20. The van der Waals surface area contributed by atoms with Crippen LogP contribution in [0.5, 0.6) is 5.75 Å². The van der Waals surface area contributed by atoms with Gasteiger partial charge in [-0.2, -0.15) is 0 Å². The SMILES string of the molecule is CCCCNNC(=O)[C@@]1(CCC(=O)OC(C)(C)C)N=C(c2ccc(OCCCO)cc2)O[C@H]1c1ccccc1. The van der Waals surface area contributed by atoms with Gasteiger partial charge in [-0.1, -0.05) is 43.7 Å². The highest BCUT2D eigenvalue weighted by molar-refractivity contribution is 6.01. The Morgan fingerprint density at radius 2 is 1.79 bits per heavy atom. The number of carbonyl (C=O) groups excluding carboxylic acids is 2. The van der Waals surface area contributed by atoms with Gasteiger partial charge in [0, 0.05) is 31.6 Å². The van der Waals surface area contributed by atoms with E-state index in [0.29, 0.717) is 36.8 Å². The van der Waals surface area contributed by atoms with Gasteiger partial charge >= 0.3 is 5.97 Å². The summed E-state index contributed by atoms with van der Waals surface area (Å²) >= 11 is 0. The van der Waals surface area contributed by atoms with Crippen molar-refractivity contribution in [2.24, 2.45) is 4.99 Å². The average molecular weight is 540 g/mol. The van der Waals surface area contributed by atoms with E-state index in [1.165, 1.54) is 0 Å². The van der Waals surface area contributed by atoms with Crippen molar-refractivity contribution in [1.29, 1.82) is 0 Å². The molecule has 2 aromatic carbocycles. The molecule has 0 saturated heterocycles. The number of amides is 1. The van der Waals surface area contributed by atoms with Crippen molar-refractivity contribution >= 4 is 17.8 Å². The molecule has 1 amide bonds. The molecule has 1 heterocycles. The van der Waals surface area contributed by atoms with Crippen LogP contribution in [-0.4, -0.2) is 53.8 Å². The maximum absolute atomic E-state index is 13.8. The van der Waals surface area contributed by atoms with Gasteiger partial charge in [0.1, 0.15) is 11.4 Å². The topological polar surface area (TPSA) is 118 Å². The summed E-state index contributed by atoms with van der Waals surface area (Å²) in [7, 11) is 0. The van der Waals surface area contributed by atoms with E-state index in [2.05, 4.69) is 17.8 Å². The van der Waals surface area contributed by atoms with Gasteiger partial charge in [0.25, 0.3) is 5.91 Å². The fourth-order valence-corrected chi connectivity index (χ4v) is 4.20. The van der Waals surface area contributed by atoms with Crippen LogP contribution in [-0.2, 0) is 19.1 Å². The summed E-state index contributed by atoms with van der Waals surface area (Å²) in [4.78, 5) is 31.4. The zero-order valence-electron chi connectivity index (χ0n) is 23.4. The van der Waals surface area contributed by atoms with Crippen molar-refractivity contribution < 1.29 is 28.9 Å². The largest absolute Gasteiger partial charge is 0.494 e. The van der Waals surface area contributed by atoms with Crippen LogP contribution in [0, 0.1) is 0 Å². The van der Waals surface area contributed by atoms with Crippen LogP contribution in [0.3, 0.4) is 0 Å². The molecule has 0 fully saturated rings. The highest BCUT2D eigenvalue weighted by Crippen LogP contribution is 2.43. The number of benzene rings is 2. The number of hydrogen-bond acceptors (Lipinski definition) is 8. The lowest BCUT2D eigenvalue weighted by Gasteiger charge is -2.31. The molecule has 2 aromatic rings. The molecule has 0 radical (unpaired) electrons. The summed E-state index contributed by atoms with van der Waals surface area (Å²) in [6, 6.07) is 16.7. The highest BCUT2D eigenvalue weighted by atomic mass is 16.6. The fourth-order valence-electron chi connectivity index (χ4n) is 4.20. The Labute approximate surface area is 230 Å². The monoisotopic (exact) mass is 539 g/mol. The molecule has 3 N–H and O–H groups in total. The molecule has 0 spiro atoms. The van der Waals surface area contributed by atoms with Crippen LogP contribution in [0.4, 0.5) is 0 Å². The van der Waals surface area contributed by atoms with Crippen LogP contribution in [0.25, 0.3) is 0 Å². The molecule has 3 rings (SSSR count). The number of ether oxygens (including phenoxy) is 3. The summed E-state index contributed by atoms with van der Waals surface area (Å²) in [6.07, 6.45) is 1.73. The maximum atomic E-state index is 13.8. The number of hydrogen-bond donors (Lipinski definition) is 3. The Morgan fingerprint density at radius 3 is 2.44 bits per heavy atom. The van der Waals surface area contributed by atoms with Crippen molar-refractivity contribution in [3.63, 3.8) is 0 Å². The number of hydrazine groups is 1. The number of unbranched alkanes of at least 4 members (excludes halogenated alkanes) is 1. The first-order chi connectivity index (χ1) is 18.7. The van der Waals surface area contributed by atoms with Crippen molar-refractivity contribution in [2.75, 3.05) is 19.8 Å². The molecular formula is C30H41N3O6. The minimum Gasteiger partial charge on any atom is -0.494 e. The van der Waals surface area contributed by atoms with Crippen molar-refractivity contribution in [3.05, 3.63) is 65.7 Å². The number of aliphatic imine (C=N–C) groups is 1. The molecule has 9 heteroatoms. The average Bonchev–Trinajstić information content (AvgIpc) is 3.31. The van der Waals surface area contributed by atoms with Gasteiger partial charge in [-0.05, 0) is 63.4 Å². The van der Waals surface area contributed by atoms with Gasteiger partial charge in [-0.25, -0.2) is 10.4 Å².